The van der Waals surface area contributed by atoms with Crippen LogP contribution in [0.3, 0.4) is 0 Å². The van der Waals surface area contributed by atoms with E-state index in [1.165, 1.54) is 6.33 Å². The number of nitrogens with two attached hydrogens (primary N) is 1. The average Bonchev–Trinajstić information content (AvgIpc) is 2.63. The standard InChI is InChI=1S/C17H15ClN6O/c18-12-7-4-8-13(9-12)22-15-14(19)16(21-10-20-15)23-24-17(25)11-5-2-1-3-6-11/h1-10H,19H2,(H,24,25)(H2,20,21,22,23). The third-order valence-corrected chi connectivity index (χ3v) is 3.54. The number of carbonyl (C=O) groups is 1. The lowest BCUT2D eigenvalue weighted by molar-refractivity contribution is 0.0962. The molecular weight excluding hydrogens is 340 g/mol. The summed E-state index contributed by atoms with van der Waals surface area (Å²) in [4.78, 5) is 20.2. The molecule has 0 saturated carbocycles. The van der Waals surface area contributed by atoms with Gasteiger partial charge < -0.3 is 11.1 Å². The number of rotatable bonds is 5. The Hall–Kier alpha value is -3.32. The molecule has 5 N–H and O–H groups in total. The van der Waals surface area contributed by atoms with E-state index >= 15 is 0 Å². The maximum absolute atomic E-state index is 12.1. The Kier molecular flexibility index (Phi) is 4.96. The summed E-state index contributed by atoms with van der Waals surface area (Å²) in [5, 5.41) is 3.65. The third-order valence-electron chi connectivity index (χ3n) is 3.30. The van der Waals surface area contributed by atoms with E-state index in [4.69, 9.17) is 17.3 Å². The van der Waals surface area contributed by atoms with Gasteiger partial charge in [0.05, 0.1) is 0 Å². The number of hydrogen-bond acceptors (Lipinski definition) is 6. The summed E-state index contributed by atoms with van der Waals surface area (Å²) in [6.45, 7) is 0. The average molecular weight is 355 g/mol. The molecule has 0 saturated heterocycles. The fraction of sp³-hybridized carbons (Fsp3) is 0. The van der Waals surface area contributed by atoms with Gasteiger partial charge in [0.2, 0.25) is 0 Å². The zero-order chi connectivity index (χ0) is 17.6. The monoisotopic (exact) mass is 354 g/mol. The van der Waals surface area contributed by atoms with E-state index in [0.29, 0.717) is 16.4 Å². The second-order valence-corrected chi connectivity index (χ2v) is 5.50. The highest BCUT2D eigenvalue weighted by Crippen LogP contribution is 2.26. The van der Waals surface area contributed by atoms with Crippen molar-refractivity contribution in [2.24, 2.45) is 0 Å². The summed E-state index contributed by atoms with van der Waals surface area (Å²) in [7, 11) is 0. The van der Waals surface area contributed by atoms with E-state index in [2.05, 4.69) is 26.1 Å². The predicted octanol–water partition coefficient (Wildman–Crippen LogP) is 3.21. The normalized spacial score (nSPS) is 10.1. The molecule has 1 heterocycles. The van der Waals surface area contributed by atoms with E-state index < -0.39 is 0 Å². The van der Waals surface area contributed by atoms with Crippen molar-refractivity contribution in [2.45, 2.75) is 0 Å². The van der Waals surface area contributed by atoms with Crippen LogP contribution >= 0.6 is 11.6 Å². The maximum Gasteiger partial charge on any atom is 0.269 e. The quantitative estimate of drug-likeness (QED) is 0.524. The van der Waals surface area contributed by atoms with Crippen LogP contribution in [-0.4, -0.2) is 15.9 Å². The minimum absolute atomic E-state index is 0.260. The van der Waals surface area contributed by atoms with Gasteiger partial charge in [-0.25, -0.2) is 9.97 Å². The number of hydrogen-bond donors (Lipinski definition) is 4. The number of nitrogens with zero attached hydrogens (tertiary/aromatic N) is 2. The van der Waals surface area contributed by atoms with E-state index in [9.17, 15) is 4.79 Å². The van der Waals surface area contributed by atoms with Gasteiger partial charge in [-0.3, -0.25) is 15.6 Å². The second kappa shape index (κ2) is 7.50. The number of carbonyl (C=O) groups excluding carboxylic acids is 1. The lowest BCUT2D eigenvalue weighted by atomic mass is 10.2. The Morgan fingerprint density at radius 2 is 1.76 bits per heavy atom. The molecule has 2 aromatic carbocycles. The zero-order valence-corrected chi connectivity index (χ0v) is 13.8. The molecule has 3 rings (SSSR count). The van der Waals surface area contributed by atoms with Gasteiger partial charge in [-0.2, -0.15) is 0 Å². The van der Waals surface area contributed by atoms with Crippen molar-refractivity contribution in [3.63, 3.8) is 0 Å². The molecule has 0 radical (unpaired) electrons. The molecule has 1 aromatic heterocycles. The largest absolute Gasteiger partial charge is 0.393 e. The molecule has 0 bridgehead atoms. The van der Waals surface area contributed by atoms with Crippen molar-refractivity contribution in [3.8, 4) is 0 Å². The molecule has 1 amide bonds. The first kappa shape index (κ1) is 16.5. The van der Waals surface area contributed by atoms with Crippen LogP contribution in [0.4, 0.5) is 23.0 Å². The summed E-state index contributed by atoms with van der Waals surface area (Å²) in [6, 6.07) is 15.9. The van der Waals surface area contributed by atoms with Crippen LogP contribution in [0.2, 0.25) is 5.02 Å². The summed E-state index contributed by atoms with van der Waals surface area (Å²) >= 11 is 5.96. The molecule has 0 fully saturated rings. The Morgan fingerprint density at radius 3 is 2.52 bits per heavy atom. The molecule has 0 atom stereocenters. The number of halogens is 1. The van der Waals surface area contributed by atoms with Crippen molar-refractivity contribution in [3.05, 3.63) is 71.5 Å². The van der Waals surface area contributed by atoms with Crippen molar-refractivity contribution >= 4 is 40.5 Å². The number of nitrogens with one attached hydrogen (secondary N) is 3. The van der Waals surface area contributed by atoms with Crippen LogP contribution in [0.15, 0.2) is 60.9 Å². The summed E-state index contributed by atoms with van der Waals surface area (Å²) in [5.74, 6) is 0.375. The highest BCUT2D eigenvalue weighted by Gasteiger charge is 2.10. The molecule has 126 valence electrons. The molecule has 0 aliphatic carbocycles. The summed E-state index contributed by atoms with van der Waals surface area (Å²) in [6.07, 6.45) is 1.33. The van der Waals surface area contributed by atoms with Crippen molar-refractivity contribution < 1.29 is 4.79 Å². The number of amides is 1. The number of benzene rings is 2. The Balaban J connectivity index is 1.72. The predicted molar refractivity (Wildman–Crippen MR) is 98.7 cm³/mol. The number of hydrazine groups is 1. The lowest BCUT2D eigenvalue weighted by Crippen LogP contribution is -2.30. The van der Waals surface area contributed by atoms with Crippen molar-refractivity contribution in [2.75, 3.05) is 16.5 Å². The lowest BCUT2D eigenvalue weighted by Gasteiger charge is -2.13. The van der Waals surface area contributed by atoms with E-state index in [1.54, 1.807) is 42.5 Å². The minimum Gasteiger partial charge on any atom is -0.393 e. The van der Waals surface area contributed by atoms with Crippen LogP contribution < -0.4 is 21.9 Å². The summed E-state index contributed by atoms with van der Waals surface area (Å²) in [5.41, 5.74) is 12.8. The van der Waals surface area contributed by atoms with Crippen LogP contribution in [0, 0.1) is 0 Å². The van der Waals surface area contributed by atoms with Crippen LogP contribution in [-0.2, 0) is 0 Å². The van der Waals surface area contributed by atoms with E-state index in [0.717, 1.165) is 5.69 Å². The van der Waals surface area contributed by atoms with E-state index in [1.807, 2.05) is 12.1 Å². The topological polar surface area (TPSA) is 105 Å². The molecule has 7 nitrogen and oxygen atoms in total. The highest BCUT2D eigenvalue weighted by atomic mass is 35.5. The maximum atomic E-state index is 12.1. The van der Waals surface area contributed by atoms with Crippen LogP contribution in [0.5, 0.6) is 0 Å². The molecule has 3 aromatic rings. The third kappa shape index (κ3) is 4.15. The zero-order valence-electron chi connectivity index (χ0n) is 13.0. The first-order chi connectivity index (χ1) is 12.1. The molecule has 25 heavy (non-hydrogen) atoms. The fourth-order valence-corrected chi connectivity index (χ4v) is 2.27. The Morgan fingerprint density at radius 1 is 1.00 bits per heavy atom. The van der Waals surface area contributed by atoms with Gasteiger partial charge in [-0.1, -0.05) is 35.9 Å². The SMILES string of the molecule is Nc1c(NNC(=O)c2ccccc2)ncnc1Nc1cccc(Cl)c1. The van der Waals surface area contributed by atoms with Gasteiger partial charge in [0.15, 0.2) is 11.6 Å². The number of nitrogen functional groups attached to an aromatic ring is 1. The van der Waals surface area contributed by atoms with E-state index in [-0.39, 0.29) is 17.4 Å². The van der Waals surface area contributed by atoms with Gasteiger partial charge in [0, 0.05) is 16.3 Å². The van der Waals surface area contributed by atoms with Crippen molar-refractivity contribution in [1.29, 1.82) is 0 Å². The molecular formula is C17H15ClN6O. The highest BCUT2D eigenvalue weighted by molar-refractivity contribution is 6.30. The van der Waals surface area contributed by atoms with Gasteiger partial charge in [-0.05, 0) is 30.3 Å². The minimum atomic E-state index is -0.303. The fourth-order valence-electron chi connectivity index (χ4n) is 2.08. The van der Waals surface area contributed by atoms with Gasteiger partial charge >= 0.3 is 0 Å². The molecule has 0 aliphatic heterocycles. The Bertz CT molecular complexity index is 887. The van der Waals surface area contributed by atoms with Gasteiger partial charge in [0.25, 0.3) is 5.91 Å². The molecule has 8 heteroatoms. The van der Waals surface area contributed by atoms with Gasteiger partial charge in [0.1, 0.15) is 12.0 Å². The smallest absolute Gasteiger partial charge is 0.269 e. The molecule has 0 aliphatic rings. The van der Waals surface area contributed by atoms with Gasteiger partial charge in [-0.15, -0.1) is 0 Å². The first-order valence-corrected chi connectivity index (χ1v) is 7.76. The second-order valence-electron chi connectivity index (χ2n) is 5.07. The molecule has 0 spiro atoms. The number of anilines is 4. The summed E-state index contributed by atoms with van der Waals surface area (Å²) < 4.78 is 0. The van der Waals surface area contributed by atoms with Crippen LogP contribution in [0.1, 0.15) is 10.4 Å². The number of aromatic nitrogens is 2. The van der Waals surface area contributed by atoms with Crippen molar-refractivity contribution in [1.82, 2.24) is 15.4 Å². The first-order valence-electron chi connectivity index (χ1n) is 7.38. The van der Waals surface area contributed by atoms with Crippen LogP contribution in [0.25, 0.3) is 0 Å². The Labute approximate surface area is 149 Å². The molecule has 0 unspecified atom stereocenters.